The van der Waals surface area contributed by atoms with E-state index in [1.807, 2.05) is 0 Å². The van der Waals surface area contributed by atoms with Crippen LogP contribution in [-0.4, -0.2) is 42.7 Å². The van der Waals surface area contributed by atoms with Gasteiger partial charge in [-0.05, 0) is 6.92 Å². The molecule has 13 heavy (non-hydrogen) atoms. The first-order valence-corrected chi connectivity index (χ1v) is 4.77. The van der Waals surface area contributed by atoms with E-state index in [-0.39, 0.29) is 18.4 Å². The van der Waals surface area contributed by atoms with Crippen LogP contribution in [-0.2, 0) is 4.79 Å². The third kappa shape index (κ3) is 1.68. The number of likely N-dealkylation sites (tertiary alicyclic amines) is 1. The van der Waals surface area contributed by atoms with E-state index >= 15 is 0 Å². The van der Waals surface area contributed by atoms with E-state index in [1.54, 1.807) is 11.8 Å². The summed E-state index contributed by atoms with van der Waals surface area (Å²) < 4.78 is 13.4. The van der Waals surface area contributed by atoms with E-state index in [2.05, 4.69) is 5.32 Å². The summed E-state index contributed by atoms with van der Waals surface area (Å²) in [5, 5.41) is 3.05. The number of hydrogen-bond donors (Lipinski definition) is 1. The van der Waals surface area contributed by atoms with E-state index in [9.17, 15) is 9.18 Å². The minimum Gasteiger partial charge on any atom is -0.339 e. The van der Waals surface area contributed by atoms with Crippen molar-refractivity contribution < 1.29 is 9.18 Å². The van der Waals surface area contributed by atoms with Crippen LogP contribution >= 0.6 is 0 Å². The number of halogens is 1. The van der Waals surface area contributed by atoms with E-state index in [0.29, 0.717) is 13.0 Å². The molecule has 0 spiro atoms. The standard InChI is InChI=1S/C9H15FN2O/c1-9(10)2-3-12(6-9)8(13)7-4-11-5-7/h7,11H,2-6H2,1H3. The van der Waals surface area contributed by atoms with Gasteiger partial charge in [0.05, 0.1) is 12.5 Å². The van der Waals surface area contributed by atoms with Crippen LogP contribution in [0.2, 0.25) is 0 Å². The van der Waals surface area contributed by atoms with Crippen molar-refractivity contribution in [2.75, 3.05) is 26.2 Å². The highest BCUT2D eigenvalue weighted by Crippen LogP contribution is 2.26. The minimum absolute atomic E-state index is 0.105. The van der Waals surface area contributed by atoms with Gasteiger partial charge in [0.1, 0.15) is 5.67 Å². The lowest BCUT2D eigenvalue weighted by Gasteiger charge is -2.30. The van der Waals surface area contributed by atoms with Crippen LogP contribution in [0.1, 0.15) is 13.3 Å². The lowest BCUT2D eigenvalue weighted by Crippen LogP contribution is -2.51. The van der Waals surface area contributed by atoms with Gasteiger partial charge in [-0.3, -0.25) is 4.79 Å². The van der Waals surface area contributed by atoms with Crippen molar-refractivity contribution in [3.05, 3.63) is 0 Å². The second-order valence-corrected chi connectivity index (χ2v) is 4.28. The minimum atomic E-state index is -1.16. The maximum atomic E-state index is 13.4. The molecule has 0 aliphatic carbocycles. The van der Waals surface area contributed by atoms with Crippen molar-refractivity contribution in [2.45, 2.75) is 19.0 Å². The van der Waals surface area contributed by atoms with Crippen LogP contribution in [0.4, 0.5) is 4.39 Å². The van der Waals surface area contributed by atoms with Crippen molar-refractivity contribution >= 4 is 5.91 Å². The number of amides is 1. The van der Waals surface area contributed by atoms with E-state index < -0.39 is 5.67 Å². The fourth-order valence-electron chi connectivity index (χ4n) is 1.83. The Morgan fingerprint density at radius 3 is 2.69 bits per heavy atom. The molecular formula is C9H15FN2O. The van der Waals surface area contributed by atoms with Crippen LogP contribution < -0.4 is 5.32 Å². The maximum Gasteiger partial charge on any atom is 0.228 e. The number of carbonyl (C=O) groups is 1. The Hall–Kier alpha value is -0.640. The zero-order valence-electron chi connectivity index (χ0n) is 7.85. The van der Waals surface area contributed by atoms with E-state index in [0.717, 1.165) is 13.1 Å². The number of rotatable bonds is 1. The molecule has 74 valence electrons. The fraction of sp³-hybridized carbons (Fsp3) is 0.889. The Balaban J connectivity index is 1.91. The molecule has 1 amide bonds. The largest absolute Gasteiger partial charge is 0.339 e. The molecular weight excluding hydrogens is 171 g/mol. The van der Waals surface area contributed by atoms with Gasteiger partial charge in [-0.2, -0.15) is 0 Å². The number of nitrogens with zero attached hydrogens (tertiary/aromatic N) is 1. The molecule has 2 aliphatic heterocycles. The Labute approximate surface area is 77.3 Å². The quantitative estimate of drug-likeness (QED) is 0.633. The van der Waals surface area contributed by atoms with Gasteiger partial charge in [0.2, 0.25) is 5.91 Å². The normalized spacial score (nSPS) is 34.8. The number of carbonyl (C=O) groups excluding carboxylic acids is 1. The topological polar surface area (TPSA) is 32.3 Å². The lowest BCUT2D eigenvalue weighted by atomic mass is 10.0. The highest BCUT2D eigenvalue weighted by Gasteiger charge is 2.39. The average molecular weight is 186 g/mol. The summed E-state index contributed by atoms with van der Waals surface area (Å²) in [7, 11) is 0. The molecule has 2 heterocycles. The van der Waals surface area contributed by atoms with Crippen molar-refractivity contribution in [1.82, 2.24) is 10.2 Å². The molecule has 0 aromatic heterocycles. The molecule has 2 saturated heterocycles. The van der Waals surface area contributed by atoms with Gasteiger partial charge in [0, 0.05) is 26.1 Å². The Morgan fingerprint density at radius 2 is 2.31 bits per heavy atom. The summed E-state index contributed by atoms with van der Waals surface area (Å²) in [5.41, 5.74) is -1.16. The third-order valence-corrected chi connectivity index (χ3v) is 2.87. The lowest BCUT2D eigenvalue weighted by molar-refractivity contribution is -0.136. The molecule has 0 bridgehead atoms. The van der Waals surface area contributed by atoms with Gasteiger partial charge in [-0.25, -0.2) is 4.39 Å². The Morgan fingerprint density at radius 1 is 1.62 bits per heavy atom. The van der Waals surface area contributed by atoms with Gasteiger partial charge in [-0.15, -0.1) is 0 Å². The third-order valence-electron chi connectivity index (χ3n) is 2.87. The number of nitrogens with one attached hydrogen (secondary N) is 1. The van der Waals surface area contributed by atoms with E-state index in [4.69, 9.17) is 0 Å². The smallest absolute Gasteiger partial charge is 0.228 e. The second kappa shape index (κ2) is 2.94. The second-order valence-electron chi connectivity index (χ2n) is 4.28. The molecule has 1 N–H and O–H groups in total. The van der Waals surface area contributed by atoms with Gasteiger partial charge in [-0.1, -0.05) is 0 Å². The summed E-state index contributed by atoms with van der Waals surface area (Å²) in [4.78, 5) is 13.3. The summed E-state index contributed by atoms with van der Waals surface area (Å²) in [6.45, 7) is 3.96. The molecule has 4 heteroatoms. The maximum absolute atomic E-state index is 13.4. The molecule has 2 fully saturated rings. The van der Waals surface area contributed by atoms with Gasteiger partial charge < -0.3 is 10.2 Å². The molecule has 2 aliphatic rings. The van der Waals surface area contributed by atoms with Crippen LogP contribution in [0, 0.1) is 5.92 Å². The summed E-state index contributed by atoms with van der Waals surface area (Å²) in [6, 6.07) is 0. The first-order chi connectivity index (χ1) is 6.08. The molecule has 0 radical (unpaired) electrons. The predicted molar refractivity (Wildman–Crippen MR) is 47.1 cm³/mol. The fourth-order valence-corrected chi connectivity index (χ4v) is 1.83. The zero-order chi connectivity index (χ0) is 9.47. The van der Waals surface area contributed by atoms with Gasteiger partial charge in [0.25, 0.3) is 0 Å². The van der Waals surface area contributed by atoms with Crippen LogP contribution in [0.5, 0.6) is 0 Å². The van der Waals surface area contributed by atoms with Crippen molar-refractivity contribution in [1.29, 1.82) is 0 Å². The zero-order valence-corrected chi connectivity index (χ0v) is 7.85. The summed E-state index contributed by atoms with van der Waals surface area (Å²) in [5.74, 6) is 0.231. The van der Waals surface area contributed by atoms with Gasteiger partial charge in [0.15, 0.2) is 0 Å². The number of hydrogen-bond acceptors (Lipinski definition) is 2. The van der Waals surface area contributed by atoms with E-state index in [1.165, 1.54) is 0 Å². The van der Waals surface area contributed by atoms with Gasteiger partial charge >= 0.3 is 0 Å². The summed E-state index contributed by atoms with van der Waals surface area (Å²) in [6.07, 6.45) is 0.485. The van der Waals surface area contributed by atoms with Crippen molar-refractivity contribution in [3.8, 4) is 0 Å². The highest BCUT2D eigenvalue weighted by molar-refractivity contribution is 5.80. The average Bonchev–Trinajstić information content (AvgIpc) is 2.26. The summed E-state index contributed by atoms with van der Waals surface area (Å²) >= 11 is 0. The molecule has 2 rings (SSSR count). The predicted octanol–water partition coefficient (Wildman–Crippen LogP) is 0.166. The molecule has 3 nitrogen and oxygen atoms in total. The highest BCUT2D eigenvalue weighted by atomic mass is 19.1. The first-order valence-electron chi connectivity index (χ1n) is 4.77. The molecule has 1 atom stereocenters. The Bertz CT molecular complexity index is 226. The van der Waals surface area contributed by atoms with Crippen LogP contribution in [0.15, 0.2) is 0 Å². The molecule has 0 saturated carbocycles. The number of alkyl halides is 1. The molecule has 0 aromatic rings. The Kier molecular flexibility index (Phi) is 2.02. The van der Waals surface area contributed by atoms with Crippen molar-refractivity contribution in [3.63, 3.8) is 0 Å². The SMILES string of the molecule is CC1(F)CCN(C(=O)C2CNC2)C1. The monoisotopic (exact) mass is 186 g/mol. The molecule has 0 aromatic carbocycles. The van der Waals surface area contributed by atoms with Crippen LogP contribution in [0.25, 0.3) is 0 Å². The first kappa shape index (κ1) is 8.94. The van der Waals surface area contributed by atoms with Crippen LogP contribution in [0.3, 0.4) is 0 Å². The van der Waals surface area contributed by atoms with Crippen molar-refractivity contribution in [2.24, 2.45) is 5.92 Å². The molecule has 1 unspecified atom stereocenters.